The fourth-order valence-electron chi connectivity index (χ4n) is 3.12. The average molecular weight is 329 g/mol. The summed E-state index contributed by atoms with van der Waals surface area (Å²) in [5, 5.41) is 0.770. The lowest BCUT2D eigenvalue weighted by Gasteiger charge is -2.16. The number of pyridine rings is 1. The van der Waals surface area contributed by atoms with Crippen LogP contribution in [0.4, 0.5) is 0 Å². The van der Waals surface area contributed by atoms with Crippen LogP contribution in [0.3, 0.4) is 0 Å². The highest BCUT2D eigenvalue weighted by Crippen LogP contribution is 2.22. The minimum atomic E-state index is 0.245. The molecule has 0 N–H and O–H groups in total. The quantitative estimate of drug-likeness (QED) is 0.837. The highest BCUT2D eigenvalue weighted by atomic mass is 35.5. The molecule has 120 valence electrons. The molecule has 3 rings (SSSR count). The molecule has 0 aliphatic carbocycles. The molecule has 1 unspecified atom stereocenters. The summed E-state index contributed by atoms with van der Waals surface area (Å²) in [6.45, 7) is 1.74. The number of aromatic nitrogens is 1. The highest BCUT2D eigenvalue weighted by molar-refractivity contribution is 6.30. The van der Waals surface area contributed by atoms with Crippen molar-refractivity contribution >= 4 is 17.5 Å². The van der Waals surface area contributed by atoms with E-state index in [4.69, 9.17) is 11.6 Å². The highest BCUT2D eigenvalue weighted by Gasteiger charge is 2.25. The van der Waals surface area contributed by atoms with E-state index in [0.717, 1.165) is 43.1 Å². The van der Waals surface area contributed by atoms with E-state index in [0.29, 0.717) is 12.3 Å². The molecule has 1 aromatic carbocycles. The predicted octanol–water partition coefficient (Wildman–Crippen LogP) is 3.76. The van der Waals surface area contributed by atoms with Gasteiger partial charge >= 0.3 is 0 Å². The number of hydrogen-bond donors (Lipinski definition) is 0. The van der Waals surface area contributed by atoms with Gasteiger partial charge in [0.15, 0.2) is 0 Å². The zero-order valence-electron chi connectivity index (χ0n) is 13.1. The number of likely N-dealkylation sites (tertiary alicyclic amines) is 1. The van der Waals surface area contributed by atoms with Gasteiger partial charge in [-0.2, -0.15) is 0 Å². The molecule has 0 radical (unpaired) electrons. The van der Waals surface area contributed by atoms with Crippen molar-refractivity contribution in [3.8, 4) is 0 Å². The van der Waals surface area contributed by atoms with Gasteiger partial charge in [0.25, 0.3) is 0 Å². The van der Waals surface area contributed by atoms with E-state index < -0.39 is 0 Å². The fraction of sp³-hybridized carbons (Fsp3) is 0.368. The number of carbonyl (C=O) groups is 1. The maximum absolute atomic E-state index is 12.3. The van der Waals surface area contributed by atoms with Crippen LogP contribution >= 0.6 is 11.6 Å². The molecule has 0 bridgehead atoms. The molecule has 1 aliphatic heterocycles. The Morgan fingerprint density at radius 2 is 2.04 bits per heavy atom. The Balaban J connectivity index is 1.47. The second-order valence-corrected chi connectivity index (χ2v) is 6.58. The van der Waals surface area contributed by atoms with Crippen LogP contribution in [-0.2, 0) is 17.6 Å². The molecular weight excluding hydrogens is 308 g/mol. The smallest absolute Gasteiger partial charge is 0.222 e. The van der Waals surface area contributed by atoms with E-state index in [1.165, 1.54) is 5.56 Å². The molecule has 0 saturated carbocycles. The number of benzene rings is 1. The Labute approximate surface area is 142 Å². The molecule has 3 nitrogen and oxygen atoms in total. The molecular formula is C19H21ClN2O. The van der Waals surface area contributed by atoms with Gasteiger partial charge in [0.1, 0.15) is 0 Å². The van der Waals surface area contributed by atoms with Crippen LogP contribution in [0.25, 0.3) is 0 Å². The van der Waals surface area contributed by atoms with E-state index in [1.807, 2.05) is 35.2 Å². The number of carbonyl (C=O) groups excluding carboxylic acids is 1. The molecule has 1 amide bonds. The van der Waals surface area contributed by atoms with Crippen molar-refractivity contribution in [2.45, 2.75) is 25.7 Å². The molecule has 0 spiro atoms. The van der Waals surface area contributed by atoms with Crippen LogP contribution in [0.5, 0.6) is 0 Å². The Morgan fingerprint density at radius 3 is 2.78 bits per heavy atom. The van der Waals surface area contributed by atoms with Crippen LogP contribution in [0, 0.1) is 5.92 Å². The monoisotopic (exact) mass is 328 g/mol. The van der Waals surface area contributed by atoms with Gasteiger partial charge in [0, 0.05) is 36.4 Å². The summed E-state index contributed by atoms with van der Waals surface area (Å²) in [5.41, 5.74) is 2.28. The van der Waals surface area contributed by atoms with Crippen LogP contribution in [0.1, 0.15) is 24.1 Å². The maximum Gasteiger partial charge on any atom is 0.222 e. The second kappa shape index (κ2) is 7.60. The maximum atomic E-state index is 12.3. The average Bonchev–Trinajstić information content (AvgIpc) is 3.04. The number of nitrogens with zero attached hydrogens (tertiary/aromatic N) is 2. The normalized spacial score (nSPS) is 17.4. The van der Waals surface area contributed by atoms with Gasteiger partial charge in [0.05, 0.1) is 0 Å². The summed E-state index contributed by atoms with van der Waals surface area (Å²) in [6.07, 6.45) is 5.14. The number of halogens is 1. The Morgan fingerprint density at radius 1 is 1.22 bits per heavy atom. The van der Waals surface area contributed by atoms with E-state index in [-0.39, 0.29) is 5.91 Å². The van der Waals surface area contributed by atoms with E-state index in [1.54, 1.807) is 6.20 Å². The zero-order valence-corrected chi connectivity index (χ0v) is 13.9. The van der Waals surface area contributed by atoms with Gasteiger partial charge in [-0.25, -0.2) is 0 Å². The Bertz CT molecular complexity index is 642. The molecule has 1 fully saturated rings. The van der Waals surface area contributed by atoms with Gasteiger partial charge in [-0.05, 0) is 55.0 Å². The third-order valence-corrected chi connectivity index (χ3v) is 4.65. The van der Waals surface area contributed by atoms with Crippen molar-refractivity contribution in [2.75, 3.05) is 13.1 Å². The van der Waals surface area contributed by atoms with Crippen molar-refractivity contribution in [1.82, 2.24) is 9.88 Å². The molecule has 4 heteroatoms. The predicted molar refractivity (Wildman–Crippen MR) is 92.4 cm³/mol. The van der Waals surface area contributed by atoms with Crippen molar-refractivity contribution in [3.63, 3.8) is 0 Å². The lowest BCUT2D eigenvalue weighted by molar-refractivity contribution is -0.130. The van der Waals surface area contributed by atoms with Gasteiger partial charge in [-0.1, -0.05) is 29.8 Å². The van der Waals surface area contributed by atoms with E-state index >= 15 is 0 Å². The molecule has 23 heavy (non-hydrogen) atoms. The zero-order chi connectivity index (χ0) is 16.1. The van der Waals surface area contributed by atoms with Crippen LogP contribution in [-0.4, -0.2) is 28.9 Å². The molecule has 2 aromatic rings. The third kappa shape index (κ3) is 4.55. The van der Waals surface area contributed by atoms with Gasteiger partial charge in [-0.3, -0.25) is 9.78 Å². The first-order valence-electron chi connectivity index (χ1n) is 8.13. The number of hydrogen-bond acceptors (Lipinski definition) is 2. The van der Waals surface area contributed by atoms with Crippen LogP contribution in [0.15, 0.2) is 48.7 Å². The van der Waals surface area contributed by atoms with Crippen molar-refractivity contribution < 1.29 is 4.79 Å². The first-order valence-corrected chi connectivity index (χ1v) is 8.50. The lowest BCUT2D eigenvalue weighted by Crippen LogP contribution is -2.29. The van der Waals surface area contributed by atoms with E-state index in [2.05, 4.69) is 17.1 Å². The molecule has 1 aromatic heterocycles. The molecule has 2 heterocycles. The third-order valence-electron chi connectivity index (χ3n) is 4.40. The number of amides is 1. The minimum Gasteiger partial charge on any atom is -0.342 e. The number of rotatable bonds is 5. The van der Waals surface area contributed by atoms with Crippen LogP contribution in [0.2, 0.25) is 5.02 Å². The van der Waals surface area contributed by atoms with E-state index in [9.17, 15) is 4.79 Å². The Hall–Kier alpha value is -1.87. The van der Waals surface area contributed by atoms with Crippen molar-refractivity contribution in [1.29, 1.82) is 0 Å². The summed E-state index contributed by atoms with van der Waals surface area (Å²) in [6, 6.07) is 13.9. The standard InChI is InChI=1S/C19H21ClN2O/c20-17-6-4-15(5-7-17)13-16-10-12-22(14-16)19(23)9-8-18-3-1-2-11-21-18/h1-7,11,16H,8-10,12-14H2. The van der Waals surface area contributed by atoms with Crippen molar-refractivity contribution in [3.05, 3.63) is 64.9 Å². The van der Waals surface area contributed by atoms with Crippen molar-refractivity contribution in [2.24, 2.45) is 5.92 Å². The summed E-state index contributed by atoms with van der Waals surface area (Å²) in [7, 11) is 0. The topological polar surface area (TPSA) is 33.2 Å². The largest absolute Gasteiger partial charge is 0.342 e. The van der Waals surface area contributed by atoms with Gasteiger partial charge < -0.3 is 4.90 Å². The minimum absolute atomic E-state index is 0.245. The Kier molecular flexibility index (Phi) is 5.29. The molecule has 1 aliphatic rings. The number of aryl methyl sites for hydroxylation is 1. The summed E-state index contributed by atoms with van der Waals surface area (Å²) < 4.78 is 0. The molecule has 1 saturated heterocycles. The fourth-order valence-corrected chi connectivity index (χ4v) is 3.24. The second-order valence-electron chi connectivity index (χ2n) is 6.15. The first kappa shape index (κ1) is 16.0. The molecule has 1 atom stereocenters. The summed E-state index contributed by atoms with van der Waals surface area (Å²) >= 11 is 5.92. The van der Waals surface area contributed by atoms with Crippen LogP contribution < -0.4 is 0 Å². The first-order chi connectivity index (χ1) is 11.2. The summed E-state index contributed by atoms with van der Waals surface area (Å²) in [4.78, 5) is 18.6. The van der Waals surface area contributed by atoms with Gasteiger partial charge in [-0.15, -0.1) is 0 Å². The SMILES string of the molecule is O=C(CCc1ccccn1)N1CCC(Cc2ccc(Cl)cc2)C1. The lowest BCUT2D eigenvalue weighted by atomic mass is 9.99. The van der Waals surface area contributed by atoms with Gasteiger partial charge in [0.2, 0.25) is 5.91 Å². The summed E-state index contributed by atoms with van der Waals surface area (Å²) in [5.74, 6) is 0.796.